The summed E-state index contributed by atoms with van der Waals surface area (Å²) in [4.78, 5) is 12.2. The largest absolute Gasteiger partial charge is 0.359 e. The summed E-state index contributed by atoms with van der Waals surface area (Å²) in [7, 11) is 0. The number of halogens is 2. The zero-order valence-corrected chi connectivity index (χ0v) is 13.9. The molecule has 0 bridgehead atoms. The van der Waals surface area contributed by atoms with Crippen molar-refractivity contribution < 1.29 is 4.79 Å². The first kappa shape index (κ1) is 15.8. The van der Waals surface area contributed by atoms with E-state index in [0.717, 1.165) is 22.3 Å². The molecule has 0 amide bonds. The van der Waals surface area contributed by atoms with Gasteiger partial charge < -0.3 is 5.32 Å². The summed E-state index contributed by atoms with van der Waals surface area (Å²) in [6.45, 7) is 2.01. The lowest BCUT2D eigenvalue weighted by atomic mass is 10.1. The van der Waals surface area contributed by atoms with Crippen LogP contribution in [-0.2, 0) is 0 Å². The maximum absolute atomic E-state index is 12.2. The number of nitrogens with one attached hydrogen (secondary N) is 1. The van der Waals surface area contributed by atoms with Gasteiger partial charge in [0.05, 0.1) is 0 Å². The molecule has 0 unspecified atom stereocenters. The van der Waals surface area contributed by atoms with E-state index in [0.29, 0.717) is 10.6 Å². The van der Waals surface area contributed by atoms with Crippen molar-refractivity contribution in [2.45, 2.75) is 13.3 Å². The molecule has 2 nitrogen and oxygen atoms in total. The number of hydrogen-bond donors (Lipinski definition) is 1. The van der Waals surface area contributed by atoms with Gasteiger partial charge in [0.1, 0.15) is 0 Å². The van der Waals surface area contributed by atoms with Gasteiger partial charge in [0.15, 0.2) is 5.78 Å². The van der Waals surface area contributed by atoms with Gasteiger partial charge in [0, 0.05) is 32.5 Å². The van der Waals surface area contributed by atoms with Gasteiger partial charge in [0.2, 0.25) is 0 Å². The minimum atomic E-state index is -0.0341. The second-order valence-electron chi connectivity index (χ2n) is 4.53. The SMILES string of the molecule is CC/C(=C\C(=O)c1ccc(Cl)cc1)Nc1ccc(Br)cc1. The van der Waals surface area contributed by atoms with Crippen LogP contribution in [0.4, 0.5) is 5.69 Å². The minimum absolute atomic E-state index is 0.0341. The van der Waals surface area contributed by atoms with Crippen molar-refractivity contribution in [3.8, 4) is 0 Å². The Hall–Kier alpha value is -1.58. The lowest BCUT2D eigenvalue weighted by Gasteiger charge is -2.09. The predicted octanol–water partition coefficient (Wildman–Crippen LogP) is 5.69. The molecule has 0 aliphatic carbocycles. The Morgan fingerprint density at radius 2 is 1.76 bits per heavy atom. The van der Waals surface area contributed by atoms with Crippen molar-refractivity contribution in [3.05, 3.63) is 75.4 Å². The Bertz CT molecular complexity index is 647. The first-order valence-corrected chi connectivity index (χ1v) is 7.78. The average Bonchev–Trinajstić information content (AvgIpc) is 2.49. The molecule has 0 aliphatic rings. The van der Waals surface area contributed by atoms with Gasteiger partial charge in [-0.2, -0.15) is 0 Å². The van der Waals surface area contributed by atoms with Crippen molar-refractivity contribution in [1.82, 2.24) is 0 Å². The van der Waals surface area contributed by atoms with Crippen LogP contribution in [0, 0.1) is 0 Å². The Labute approximate surface area is 138 Å². The summed E-state index contributed by atoms with van der Waals surface area (Å²) in [5, 5.41) is 3.89. The molecule has 2 rings (SSSR count). The van der Waals surface area contributed by atoms with Gasteiger partial charge in [-0.1, -0.05) is 34.5 Å². The number of allylic oxidation sites excluding steroid dienone is 2. The van der Waals surface area contributed by atoms with Gasteiger partial charge >= 0.3 is 0 Å². The van der Waals surface area contributed by atoms with E-state index in [1.165, 1.54) is 0 Å². The summed E-state index contributed by atoms with van der Waals surface area (Å²) in [5.74, 6) is -0.0341. The molecule has 0 aliphatic heterocycles. The highest BCUT2D eigenvalue weighted by Crippen LogP contribution is 2.17. The van der Waals surface area contributed by atoms with E-state index >= 15 is 0 Å². The van der Waals surface area contributed by atoms with E-state index < -0.39 is 0 Å². The summed E-state index contributed by atoms with van der Waals surface area (Å²) in [6.07, 6.45) is 2.38. The Balaban J connectivity index is 2.14. The molecule has 2 aromatic rings. The van der Waals surface area contributed by atoms with Crippen LogP contribution in [0.2, 0.25) is 5.02 Å². The van der Waals surface area contributed by atoms with E-state index in [9.17, 15) is 4.79 Å². The molecular formula is C17H15BrClNO. The van der Waals surface area contributed by atoms with Gasteiger partial charge in [-0.3, -0.25) is 4.79 Å². The number of carbonyl (C=O) groups is 1. The standard InChI is InChI=1S/C17H15BrClNO/c1-2-15(20-16-9-5-13(18)6-10-16)11-17(21)12-3-7-14(19)8-4-12/h3-11,20H,2H2,1H3/b15-11+. The van der Waals surface area contributed by atoms with Crippen molar-refractivity contribution in [2.75, 3.05) is 5.32 Å². The fourth-order valence-corrected chi connectivity index (χ4v) is 2.19. The van der Waals surface area contributed by atoms with E-state index in [4.69, 9.17) is 11.6 Å². The number of carbonyl (C=O) groups excluding carboxylic acids is 1. The summed E-state index contributed by atoms with van der Waals surface area (Å²) in [5.41, 5.74) is 2.45. The summed E-state index contributed by atoms with van der Waals surface area (Å²) >= 11 is 9.22. The highest BCUT2D eigenvalue weighted by Gasteiger charge is 2.05. The number of benzene rings is 2. The number of rotatable bonds is 5. The molecule has 0 saturated heterocycles. The van der Waals surface area contributed by atoms with Crippen LogP contribution >= 0.6 is 27.5 Å². The Kier molecular flexibility index (Phi) is 5.59. The fraction of sp³-hybridized carbons (Fsp3) is 0.118. The summed E-state index contributed by atoms with van der Waals surface area (Å²) in [6, 6.07) is 14.7. The molecule has 0 spiro atoms. The molecule has 0 radical (unpaired) electrons. The molecule has 4 heteroatoms. The van der Waals surface area contributed by atoms with Crippen molar-refractivity contribution in [1.29, 1.82) is 0 Å². The van der Waals surface area contributed by atoms with Gasteiger partial charge in [-0.05, 0) is 55.0 Å². The van der Waals surface area contributed by atoms with Crippen LogP contribution in [0.3, 0.4) is 0 Å². The second-order valence-corrected chi connectivity index (χ2v) is 5.88. The molecule has 0 aromatic heterocycles. The van der Waals surface area contributed by atoms with Crippen LogP contribution in [-0.4, -0.2) is 5.78 Å². The van der Waals surface area contributed by atoms with E-state index in [1.54, 1.807) is 30.3 Å². The van der Waals surface area contributed by atoms with Crippen molar-refractivity contribution in [3.63, 3.8) is 0 Å². The first-order valence-electron chi connectivity index (χ1n) is 6.61. The third kappa shape index (κ3) is 4.73. The minimum Gasteiger partial charge on any atom is -0.359 e. The lowest BCUT2D eigenvalue weighted by Crippen LogP contribution is -2.03. The first-order chi connectivity index (χ1) is 10.1. The van der Waals surface area contributed by atoms with Crippen LogP contribution in [0.15, 0.2) is 64.8 Å². The third-order valence-corrected chi connectivity index (χ3v) is 3.74. The highest BCUT2D eigenvalue weighted by molar-refractivity contribution is 9.10. The molecule has 0 saturated carbocycles. The van der Waals surface area contributed by atoms with Crippen LogP contribution in [0.5, 0.6) is 0 Å². The molecule has 0 heterocycles. The zero-order chi connectivity index (χ0) is 15.2. The average molecular weight is 365 g/mol. The number of anilines is 1. The second kappa shape index (κ2) is 7.43. The van der Waals surface area contributed by atoms with Crippen LogP contribution < -0.4 is 5.32 Å². The fourth-order valence-electron chi connectivity index (χ4n) is 1.80. The summed E-state index contributed by atoms with van der Waals surface area (Å²) < 4.78 is 1.02. The molecule has 2 aromatic carbocycles. The van der Waals surface area contributed by atoms with E-state index in [2.05, 4.69) is 21.2 Å². The van der Waals surface area contributed by atoms with Crippen LogP contribution in [0.1, 0.15) is 23.7 Å². The third-order valence-electron chi connectivity index (χ3n) is 2.96. The smallest absolute Gasteiger partial charge is 0.187 e. The molecule has 1 N–H and O–H groups in total. The quantitative estimate of drug-likeness (QED) is 0.545. The van der Waals surface area contributed by atoms with E-state index in [-0.39, 0.29) is 5.78 Å². The maximum atomic E-state index is 12.2. The van der Waals surface area contributed by atoms with Crippen molar-refractivity contribution in [2.24, 2.45) is 0 Å². The number of ketones is 1. The van der Waals surface area contributed by atoms with Gasteiger partial charge in [0.25, 0.3) is 0 Å². The lowest BCUT2D eigenvalue weighted by molar-refractivity contribution is 0.104. The Morgan fingerprint density at radius 3 is 2.33 bits per heavy atom. The van der Waals surface area contributed by atoms with Crippen molar-refractivity contribution >= 4 is 39.0 Å². The highest BCUT2D eigenvalue weighted by atomic mass is 79.9. The topological polar surface area (TPSA) is 29.1 Å². The molecule has 0 fully saturated rings. The molecular weight excluding hydrogens is 350 g/mol. The van der Waals surface area contributed by atoms with Crippen LogP contribution in [0.25, 0.3) is 0 Å². The van der Waals surface area contributed by atoms with Gasteiger partial charge in [-0.25, -0.2) is 0 Å². The Morgan fingerprint density at radius 1 is 1.14 bits per heavy atom. The van der Waals surface area contributed by atoms with Gasteiger partial charge in [-0.15, -0.1) is 0 Å². The van der Waals surface area contributed by atoms with E-state index in [1.807, 2.05) is 31.2 Å². The predicted molar refractivity (Wildman–Crippen MR) is 91.9 cm³/mol. The monoisotopic (exact) mass is 363 g/mol. The molecule has 0 atom stereocenters. The molecule has 108 valence electrons. The number of hydrogen-bond acceptors (Lipinski definition) is 2. The maximum Gasteiger partial charge on any atom is 0.187 e. The molecule has 21 heavy (non-hydrogen) atoms. The zero-order valence-electron chi connectivity index (χ0n) is 11.6. The normalized spacial score (nSPS) is 11.3.